The van der Waals surface area contributed by atoms with Gasteiger partial charge < -0.3 is 4.90 Å². The molecule has 0 bridgehead atoms. The minimum Gasteiger partial charge on any atom is -0.338 e. The topological polar surface area (TPSA) is 55.2 Å². The van der Waals surface area contributed by atoms with E-state index in [-0.39, 0.29) is 23.1 Å². The third kappa shape index (κ3) is 3.21. The largest absolute Gasteiger partial charge is 0.338 e. The van der Waals surface area contributed by atoms with Crippen LogP contribution in [0.5, 0.6) is 0 Å². The predicted octanol–water partition coefficient (Wildman–Crippen LogP) is 2.74. The van der Waals surface area contributed by atoms with Crippen LogP contribution in [0.1, 0.15) is 53.7 Å². The number of hydrogen-bond acceptors (Lipinski definition) is 3. The molecule has 1 aliphatic heterocycles. The number of amides is 1. The van der Waals surface area contributed by atoms with Gasteiger partial charge in [0.25, 0.3) is 11.5 Å². The van der Waals surface area contributed by atoms with Crippen LogP contribution in [-0.2, 0) is 0 Å². The van der Waals surface area contributed by atoms with Crippen LogP contribution in [0.2, 0.25) is 0 Å². The van der Waals surface area contributed by atoms with Gasteiger partial charge in [0.15, 0.2) is 0 Å². The molecule has 2 aliphatic rings. The molecule has 0 radical (unpaired) electrons. The first kappa shape index (κ1) is 16.0. The van der Waals surface area contributed by atoms with E-state index >= 15 is 0 Å². The Bertz CT molecular complexity index is 852. The minimum absolute atomic E-state index is 0.00382. The highest BCUT2D eigenvalue weighted by atomic mass is 19.1. The quantitative estimate of drug-likeness (QED) is 0.862. The molecule has 2 heterocycles. The molecule has 1 saturated heterocycles. The summed E-state index contributed by atoms with van der Waals surface area (Å²) < 4.78 is 15.4. The van der Waals surface area contributed by atoms with Crippen LogP contribution in [0.4, 0.5) is 4.39 Å². The van der Waals surface area contributed by atoms with E-state index in [1.807, 2.05) is 6.07 Å². The van der Waals surface area contributed by atoms with Gasteiger partial charge in [0.2, 0.25) is 0 Å². The summed E-state index contributed by atoms with van der Waals surface area (Å²) in [5, 5.41) is 4.54. The molecule has 1 aromatic carbocycles. The molecule has 130 valence electrons. The van der Waals surface area contributed by atoms with E-state index in [4.69, 9.17) is 0 Å². The maximum Gasteiger partial charge on any atom is 0.267 e. The van der Waals surface area contributed by atoms with E-state index in [0.29, 0.717) is 31.8 Å². The average Bonchev–Trinajstić information content (AvgIpc) is 3.47. The minimum atomic E-state index is -0.496. The molecule has 1 aromatic heterocycles. The van der Waals surface area contributed by atoms with Crippen LogP contribution >= 0.6 is 0 Å². The first-order valence-electron chi connectivity index (χ1n) is 8.77. The van der Waals surface area contributed by atoms with Crippen molar-refractivity contribution in [2.24, 2.45) is 0 Å². The number of rotatable bonds is 3. The van der Waals surface area contributed by atoms with Crippen molar-refractivity contribution in [3.8, 4) is 0 Å². The smallest absolute Gasteiger partial charge is 0.267 e. The maximum absolute atomic E-state index is 13.8. The van der Waals surface area contributed by atoms with E-state index in [9.17, 15) is 14.0 Å². The highest BCUT2D eigenvalue weighted by Crippen LogP contribution is 2.38. The monoisotopic (exact) mass is 341 g/mol. The second-order valence-electron chi connectivity index (χ2n) is 6.82. The van der Waals surface area contributed by atoms with Crippen molar-refractivity contribution in [1.82, 2.24) is 14.7 Å². The second kappa shape index (κ2) is 6.43. The third-order valence-corrected chi connectivity index (χ3v) is 5.04. The van der Waals surface area contributed by atoms with Crippen molar-refractivity contribution in [2.45, 2.75) is 37.6 Å². The molecule has 1 amide bonds. The number of aromatic nitrogens is 2. The molecule has 6 heteroatoms. The first-order chi connectivity index (χ1) is 12.1. The zero-order valence-electron chi connectivity index (χ0n) is 13.9. The van der Waals surface area contributed by atoms with Gasteiger partial charge >= 0.3 is 0 Å². The fourth-order valence-corrected chi connectivity index (χ4v) is 3.42. The molecular weight excluding hydrogens is 321 g/mol. The van der Waals surface area contributed by atoms with Crippen LogP contribution in [0, 0.1) is 5.82 Å². The van der Waals surface area contributed by atoms with Crippen LogP contribution < -0.4 is 5.56 Å². The molecule has 0 unspecified atom stereocenters. The summed E-state index contributed by atoms with van der Waals surface area (Å²) in [7, 11) is 0. The molecule has 0 atom stereocenters. The maximum atomic E-state index is 13.8. The third-order valence-electron chi connectivity index (χ3n) is 5.04. The Hall–Kier alpha value is -2.50. The number of carbonyl (C=O) groups excluding carboxylic acids is 1. The van der Waals surface area contributed by atoms with Gasteiger partial charge in [-0.05, 0) is 43.9 Å². The van der Waals surface area contributed by atoms with Gasteiger partial charge in [0, 0.05) is 25.1 Å². The summed E-state index contributed by atoms with van der Waals surface area (Å²) in [5.41, 5.74) is 1.000. The lowest BCUT2D eigenvalue weighted by Gasteiger charge is -2.32. The highest BCUT2D eigenvalue weighted by Gasteiger charge is 2.29. The number of benzene rings is 1. The molecule has 1 saturated carbocycles. The Morgan fingerprint density at radius 2 is 1.76 bits per heavy atom. The molecule has 2 fully saturated rings. The Balaban J connectivity index is 1.47. The molecule has 1 aliphatic carbocycles. The Kier molecular flexibility index (Phi) is 4.11. The SMILES string of the molecule is O=C(c1ccccc1F)N1CCC(n2nc(C3CC3)ccc2=O)CC1. The van der Waals surface area contributed by atoms with Gasteiger partial charge in [-0.2, -0.15) is 5.10 Å². The van der Waals surface area contributed by atoms with E-state index in [2.05, 4.69) is 5.10 Å². The standard InChI is InChI=1S/C19H20FN3O2/c20-16-4-2-1-3-15(16)19(25)22-11-9-14(10-12-22)23-18(24)8-7-17(21-23)13-5-6-13/h1-4,7-8,13-14H,5-6,9-12H2. The molecule has 0 N–H and O–H groups in total. The number of halogens is 1. The van der Waals surface area contributed by atoms with Crippen LogP contribution in [0.15, 0.2) is 41.2 Å². The fraction of sp³-hybridized carbons (Fsp3) is 0.421. The van der Waals surface area contributed by atoms with Crippen molar-refractivity contribution in [2.75, 3.05) is 13.1 Å². The lowest BCUT2D eigenvalue weighted by Crippen LogP contribution is -2.41. The summed E-state index contributed by atoms with van der Waals surface area (Å²) in [6, 6.07) is 9.46. The van der Waals surface area contributed by atoms with Gasteiger partial charge in [-0.15, -0.1) is 0 Å². The number of hydrogen-bond donors (Lipinski definition) is 0. The summed E-state index contributed by atoms with van der Waals surface area (Å²) in [5.74, 6) is -0.289. The molecule has 0 spiro atoms. The summed E-state index contributed by atoms with van der Waals surface area (Å²) in [4.78, 5) is 26.3. The summed E-state index contributed by atoms with van der Waals surface area (Å²) >= 11 is 0. The van der Waals surface area contributed by atoms with E-state index < -0.39 is 5.82 Å². The van der Waals surface area contributed by atoms with Crippen LogP contribution in [0.25, 0.3) is 0 Å². The lowest BCUT2D eigenvalue weighted by molar-refractivity contribution is 0.0683. The van der Waals surface area contributed by atoms with E-state index in [1.54, 1.807) is 27.8 Å². The van der Waals surface area contributed by atoms with Gasteiger partial charge in [-0.3, -0.25) is 9.59 Å². The molecule has 5 nitrogen and oxygen atoms in total. The Morgan fingerprint density at radius 3 is 2.44 bits per heavy atom. The number of piperidine rings is 1. The zero-order valence-corrected chi connectivity index (χ0v) is 13.9. The molecular formula is C19H20FN3O2. The zero-order chi connectivity index (χ0) is 17.4. The molecule has 2 aromatic rings. The first-order valence-corrected chi connectivity index (χ1v) is 8.77. The van der Waals surface area contributed by atoms with Gasteiger partial charge in [0.05, 0.1) is 17.3 Å². The fourth-order valence-electron chi connectivity index (χ4n) is 3.42. The molecule has 4 rings (SSSR count). The van der Waals surface area contributed by atoms with Gasteiger partial charge in [0.1, 0.15) is 5.82 Å². The van der Waals surface area contributed by atoms with Gasteiger partial charge in [-0.25, -0.2) is 9.07 Å². The number of carbonyl (C=O) groups is 1. The Morgan fingerprint density at radius 1 is 1.04 bits per heavy atom. The van der Waals surface area contributed by atoms with E-state index in [1.165, 1.54) is 12.1 Å². The van der Waals surface area contributed by atoms with Gasteiger partial charge in [-0.1, -0.05) is 12.1 Å². The lowest BCUT2D eigenvalue weighted by atomic mass is 10.0. The summed E-state index contributed by atoms with van der Waals surface area (Å²) in [6.45, 7) is 0.999. The molecule has 25 heavy (non-hydrogen) atoms. The van der Waals surface area contributed by atoms with Crippen molar-refractivity contribution < 1.29 is 9.18 Å². The normalized spacial score (nSPS) is 18.4. The predicted molar refractivity (Wildman–Crippen MR) is 91.0 cm³/mol. The van der Waals surface area contributed by atoms with Crippen LogP contribution in [0.3, 0.4) is 0 Å². The van der Waals surface area contributed by atoms with E-state index in [0.717, 1.165) is 18.5 Å². The van der Waals surface area contributed by atoms with Crippen molar-refractivity contribution >= 4 is 5.91 Å². The van der Waals surface area contributed by atoms with Crippen molar-refractivity contribution in [3.63, 3.8) is 0 Å². The van der Waals surface area contributed by atoms with Crippen LogP contribution in [-0.4, -0.2) is 33.7 Å². The number of nitrogens with zero attached hydrogens (tertiary/aromatic N) is 3. The summed E-state index contributed by atoms with van der Waals surface area (Å²) in [6.07, 6.45) is 3.59. The second-order valence-corrected chi connectivity index (χ2v) is 6.82. The number of likely N-dealkylation sites (tertiary alicyclic amines) is 1. The Labute approximate surface area is 145 Å². The van der Waals surface area contributed by atoms with Crippen molar-refractivity contribution in [3.05, 3.63) is 63.8 Å². The van der Waals surface area contributed by atoms with Crippen molar-refractivity contribution in [1.29, 1.82) is 0 Å². The average molecular weight is 341 g/mol. The highest BCUT2D eigenvalue weighted by molar-refractivity contribution is 5.94.